The van der Waals surface area contributed by atoms with Crippen LogP contribution in [0, 0.1) is 26.2 Å². The number of ether oxygens (including phenoxy) is 1. The second kappa shape index (κ2) is 6.92. The number of methoxy groups -OCH3 is 1. The molecule has 0 saturated heterocycles. The molecule has 0 aromatic heterocycles. The average Bonchev–Trinajstić information content (AvgIpc) is 2.40. The Bertz CT molecular complexity index is 615. The number of halogens is 2. The van der Waals surface area contributed by atoms with Gasteiger partial charge in [-0.3, -0.25) is 5.43 Å². The maximum atomic E-state index is 11.6. The zero-order chi connectivity index (χ0) is 14.4. The van der Waals surface area contributed by atoms with E-state index in [1.165, 1.54) is 13.2 Å². The molecular weight excluding hydrogens is 383 g/mol. The standard InChI is InChI=1S/C11H6ClIN4O2/c1-19-11(18)8-2-6(12)3-9(13)10(8)17-16-7(4-14)5-15/h2-3,17H,1H3. The first-order valence-electron chi connectivity index (χ1n) is 4.74. The summed E-state index contributed by atoms with van der Waals surface area (Å²) in [6.45, 7) is 0. The number of nitriles is 2. The highest BCUT2D eigenvalue weighted by Gasteiger charge is 2.16. The molecule has 0 unspecified atom stereocenters. The minimum atomic E-state index is -0.603. The molecule has 0 aliphatic heterocycles. The lowest BCUT2D eigenvalue weighted by Crippen LogP contribution is -2.08. The van der Waals surface area contributed by atoms with E-state index >= 15 is 0 Å². The molecule has 0 radical (unpaired) electrons. The van der Waals surface area contributed by atoms with Gasteiger partial charge in [0.15, 0.2) is 0 Å². The third-order valence-electron chi connectivity index (χ3n) is 1.95. The Hall–Kier alpha value is -1.84. The largest absolute Gasteiger partial charge is 0.465 e. The molecule has 0 heterocycles. The molecule has 0 saturated carbocycles. The number of hydrazone groups is 1. The number of benzene rings is 1. The molecule has 96 valence electrons. The molecule has 1 aromatic carbocycles. The molecule has 0 atom stereocenters. The van der Waals surface area contributed by atoms with Crippen LogP contribution in [-0.4, -0.2) is 18.8 Å². The SMILES string of the molecule is COC(=O)c1cc(Cl)cc(I)c1NN=C(C#N)C#N. The fraction of sp³-hybridized carbons (Fsp3) is 0.0909. The van der Waals surface area contributed by atoms with E-state index in [2.05, 4.69) is 15.3 Å². The second-order valence-electron chi connectivity index (χ2n) is 3.10. The molecule has 0 fully saturated rings. The summed E-state index contributed by atoms with van der Waals surface area (Å²) in [5.41, 5.74) is 2.63. The predicted molar refractivity (Wildman–Crippen MR) is 77.8 cm³/mol. The van der Waals surface area contributed by atoms with Crippen LogP contribution in [0.4, 0.5) is 5.69 Å². The summed E-state index contributed by atoms with van der Waals surface area (Å²) in [4.78, 5) is 11.6. The van der Waals surface area contributed by atoms with Crippen molar-refractivity contribution in [1.82, 2.24) is 0 Å². The van der Waals surface area contributed by atoms with Crippen molar-refractivity contribution in [1.29, 1.82) is 10.5 Å². The molecule has 0 aliphatic carbocycles. The van der Waals surface area contributed by atoms with Crippen molar-refractivity contribution in [3.63, 3.8) is 0 Å². The molecule has 0 spiro atoms. The van der Waals surface area contributed by atoms with Gasteiger partial charge in [0.2, 0.25) is 5.71 Å². The monoisotopic (exact) mass is 388 g/mol. The van der Waals surface area contributed by atoms with Gasteiger partial charge in [-0.1, -0.05) is 11.6 Å². The Morgan fingerprint density at radius 1 is 1.47 bits per heavy atom. The van der Waals surface area contributed by atoms with Crippen LogP contribution in [0.25, 0.3) is 0 Å². The molecule has 6 nitrogen and oxygen atoms in total. The fourth-order valence-corrected chi connectivity index (χ4v) is 2.29. The Balaban J connectivity index is 3.28. The lowest BCUT2D eigenvalue weighted by molar-refractivity contribution is 0.0601. The summed E-state index contributed by atoms with van der Waals surface area (Å²) in [7, 11) is 1.24. The van der Waals surface area contributed by atoms with Gasteiger partial charge in [0.25, 0.3) is 0 Å². The van der Waals surface area contributed by atoms with Crippen LogP contribution in [-0.2, 0) is 4.74 Å². The minimum absolute atomic E-state index is 0.165. The maximum absolute atomic E-state index is 11.6. The summed E-state index contributed by atoms with van der Waals surface area (Å²) in [5.74, 6) is -0.603. The van der Waals surface area contributed by atoms with Crippen LogP contribution >= 0.6 is 34.2 Å². The van der Waals surface area contributed by atoms with E-state index in [1.54, 1.807) is 18.2 Å². The van der Waals surface area contributed by atoms with Crippen LogP contribution in [0.15, 0.2) is 17.2 Å². The molecular formula is C11H6ClIN4O2. The van der Waals surface area contributed by atoms with Crippen molar-refractivity contribution in [3.05, 3.63) is 26.3 Å². The molecule has 0 aliphatic rings. The smallest absolute Gasteiger partial charge is 0.340 e. The number of hydrogen-bond donors (Lipinski definition) is 1. The highest BCUT2D eigenvalue weighted by molar-refractivity contribution is 14.1. The Morgan fingerprint density at radius 2 is 2.11 bits per heavy atom. The van der Waals surface area contributed by atoms with E-state index in [4.69, 9.17) is 22.1 Å². The Morgan fingerprint density at radius 3 is 2.63 bits per heavy atom. The van der Waals surface area contributed by atoms with E-state index in [-0.39, 0.29) is 11.3 Å². The predicted octanol–water partition coefficient (Wildman–Crippen LogP) is 2.55. The number of carbonyl (C=O) groups is 1. The first-order valence-corrected chi connectivity index (χ1v) is 6.20. The number of hydrogen-bond acceptors (Lipinski definition) is 6. The minimum Gasteiger partial charge on any atom is -0.465 e. The molecule has 19 heavy (non-hydrogen) atoms. The number of nitrogens with one attached hydrogen (secondary N) is 1. The van der Waals surface area contributed by atoms with Gasteiger partial charge in [-0.25, -0.2) is 4.79 Å². The highest BCUT2D eigenvalue weighted by atomic mass is 127. The van der Waals surface area contributed by atoms with Gasteiger partial charge in [0.05, 0.1) is 18.4 Å². The molecule has 1 aromatic rings. The van der Waals surface area contributed by atoms with Crippen LogP contribution in [0.1, 0.15) is 10.4 Å². The number of anilines is 1. The van der Waals surface area contributed by atoms with Crippen molar-refractivity contribution >= 4 is 51.6 Å². The van der Waals surface area contributed by atoms with Crippen molar-refractivity contribution < 1.29 is 9.53 Å². The van der Waals surface area contributed by atoms with Gasteiger partial charge < -0.3 is 4.74 Å². The first kappa shape index (κ1) is 15.2. The summed E-state index contributed by atoms with van der Waals surface area (Å²) < 4.78 is 5.23. The number of esters is 1. The summed E-state index contributed by atoms with van der Waals surface area (Å²) >= 11 is 7.80. The molecule has 0 amide bonds. The van der Waals surface area contributed by atoms with Crippen molar-refractivity contribution in [2.45, 2.75) is 0 Å². The quantitative estimate of drug-likeness (QED) is 0.371. The molecule has 1 rings (SSSR count). The molecule has 1 N–H and O–H groups in total. The third-order valence-corrected chi connectivity index (χ3v) is 3.02. The Kier molecular flexibility index (Phi) is 5.55. The van der Waals surface area contributed by atoms with Crippen LogP contribution in [0.3, 0.4) is 0 Å². The van der Waals surface area contributed by atoms with E-state index < -0.39 is 5.97 Å². The Labute approximate surface area is 127 Å². The highest BCUT2D eigenvalue weighted by Crippen LogP contribution is 2.28. The number of carbonyl (C=O) groups excluding carboxylic acids is 1. The van der Waals surface area contributed by atoms with Gasteiger partial charge in [-0.2, -0.15) is 15.6 Å². The summed E-state index contributed by atoms with van der Waals surface area (Å²) in [5, 5.41) is 21.1. The maximum Gasteiger partial charge on any atom is 0.340 e. The van der Waals surface area contributed by atoms with E-state index in [1.807, 2.05) is 22.6 Å². The fourth-order valence-electron chi connectivity index (χ4n) is 1.14. The lowest BCUT2D eigenvalue weighted by atomic mass is 10.2. The second-order valence-corrected chi connectivity index (χ2v) is 4.70. The topological polar surface area (TPSA) is 98.3 Å². The van der Waals surface area contributed by atoms with E-state index in [0.29, 0.717) is 14.3 Å². The van der Waals surface area contributed by atoms with Crippen LogP contribution in [0.2, 0.25) is 5.02 Å². The van der Waals surface area contributed by atoms with Crippen molar-refractivity contribution in [2.75, 3.05) is 12.5 Å². The van der Waals surface area contributed by atoms with Gasteiger partial charge in [0.1, 0.15) is 12.1 Å². The van der Waals surface area contributed by atoms with Gasteiger partial charge in [-0.15, -0.1) is 0 Å². The summed E-state index contributed by atoms with van der Waals surface area (Å²) in [6.07, 6.45) is 0. The van der Waals surface area contributed by atoms with E-state index in [0.717, 1.165) is 0 Å². The van der Waals surface area contributed by atoms with Crippen LogP contribution < -0.4 is 5.43 Å². The van der Waals surface area contributed by atoms with Gasteiger partial charge in [0, 0.05) is 8.59 Å². The first-order chi connectivity index (χ1) is 9.03. The van der Waals surface area contributed by atoms with Gasteiger partial charge >= 0.3 is 5.97 Å². The van der Waals surface area contributed by atoms with Crippen LogP contribution in [0.5, 0.6) is 0 Å². The number of rotatable bonds is 3. The van der Waals surface area contributed by atoms with Crippen molar-refractivity contribution in [3.8, 4) is 12.1 Å². The summed E-state index contributed by atoms with van der Waals surface area (Å²) in [6, 6.07) is 6.20. The molecule has 0 bridgehead atoms. The van der Waals surface area contributed by atoms with Crippen molar-refractivity contribution in [2.24, 2.45) is 5.10 Å². The lowest BCUT2D eigenvalue weighted by Gasteiger charge is -2.10. The number of nitrogens with zero attached hydrogens (tertiary/aromatic N) is 3. The molecule has 8 heteroatoms. The third kappa shape index (κ3) is 3.81. The zero-order valence-electron chi connectivity index (χ0n) is 9.57. The zero-order valence-corrected chi connectivity index (χ0v) is 12.5. The van der Waals surface area contributed by atoms with E-state index in [9.17, 15) is 4.79 Å². The normalized spacial score (nSPS) is 8.89. The van der Waals surface area contributed by atoms with Gasteiger partial charge in [-0.05, 0) is 34.7 Å². The average molecular weight is 389 g/mol.